The molecule has 0 unspecified atom stereocenters. The number of esters is 1. The van der Waals surface area contributed by atoms with Gasteiger partial charge in [-0.05, 0) is 76.1 Å². The Labute approximate surface area is 286 Å². The summed E-state index contributed by atoms with van der Waals surface area (Å²) in [5.74, 6) is 7.19. The first-order valence-electron chi connectivity index (χ1n) is 14.8. The number of fused-ring (bicyclic) bond motifs is 1. The van der Waals surface area contributed by atoms with Crippen molar-refractivity contribution in [1.82, 2.24) is 9.72 Å². The average Bonchev–Trinajstić information content (AvgIpc) is 3.63. The van der Waals surface area contributed by atoms with Gasteiger partial charge in [0.15, 0.2) is 0 Å². The molecule has 0 radical (unpaired) electrons. The van der Waals surface area contributed by atoms with E-state index in [-0.39, 0.29) is 18.1 Å². The van der Waals surface area contributed by atoms with Crippen LogP contribution in [0.3, 0.4) is 0 Å². The van der Waals surface area contributed by atoms with Crippen molar-refractivity contribution in [2.45, 2.75) is 51.7 Å². The zero-order chi connectivity index (χ0) is 33.5. The van der Waals surface area contributed by atoms with Gasteiger partial charge in [0.2, 0.25) is 0 Å². The van der Waals surface area contributed by atoms with Gasteiger partial charge in [-0.2, -0.15) is 0 Å². The lowest BCUT2D eigenvalue weighted by molar-refractivity contribution is 0.0541. The van der Waals surface area contributed by atoms with Gasteiger partial charge in [0, 0.05) is 40.3 Å². The van der Waals surface area contributed by atoms with Crippen LogP contribution in [-0.2, 0) is 16.1 Å². The van der Waals surface area contributed by atoms with Crippen LogP contribution in [-0.4, -0.2) is 34.5 Å². The summed E-state index contributed by atoms with van der Waals surface area (Å²) in [5, 5.41) is 6.27. The van der Waals surface area contributed by atoms with Gasteiger partial charge in [-0.15, -0.1) is 0 Å². The molecule has 2 aromatic heterocycles. The van der Waals surface area contributed by atoms with Crippen molar-refractivity contribution in [2.24, 2.45) is 0 Å². The lowest BCUT2D eigenvalue weighted by Crippen LogP contribution is -2.26. The summed E-state index contributed by atoms with van der Waals surface area (Å²) < 4.78 is 23.7. The minimum Gasteiger partial charge on any atom is -0.489 e. The van der Waals surface area contributed by atoms with Crippen molar-refractivity contribution in [3.8, 4) is 28.8 Å². The SMILES string of the molecule is COC(=O)c1cc(C#Cc2ccc(OCc3c(-c4c(Cl)cccc4Cl)noc3C3CC3)cc2Cl)c2ccn(C(=O)OC(C)(C)C)c2c1. The lowest BCUT2D eigenvalue weighted by atomic mass is 10.0. The Morgan fingerprint density at radius 3 is 2.36 bits per heavy atom. The summed E-state index contributed by atoms with van der Waals surface area (Å²) in [6.45, 7) is 5.51. The van der Waals surface area contributed by atoms with E-state index in [2.05, 4.69) is 17.0 Å². The molecule has 0 saturated heterocycles. The second-order valence-corrected chi connectivity index (χ2v) is 13.3. The number of hydrogen-bond acceptors (Lipinski definition) is 7. The van der Waals surface area contributed by atoms with Gasteiger partial charge >= 0.3 is 12.1 Å². The highest BCUT2D eigenvalue weighted by Crippen LogP contribution is 2.46. The molecule has 0 bridgehead atoms. The van der Waals surface area contributed by atoms with Crippen LogP contribution in [0.2, 0.25) is 15.1 Å². The molecule has 6 rings (SSSR count). The number of rotatable bonds is 6. The molecular weight excluding hydrogens is 663 g/mol. The fourth-order valence-corrected chi connectivity index (χ4v) is 5.87. The number of ether oxygens (including phenoxy) is 3. The van der Waals surface area contributed by atoms with E-state index in [9.17, 15) is 9.59 Å². The molecule has 240 valence electrons. The van der Waals surface area contributed by atoms with Crippen molar-refractivity contribution in [3.63, 3.8) is 0 Å². The van der Waals surface area contributed by atoms with E-state index < -0.39 is 17.7 Å². The number of benzene rings is 3. The van der Waals surface area contributed by atoms with Gasteiger partial charge < -0.3 is 18.7 Å². The van der Waals surface area contributed by atoms with E-state index in [1.165, 1.54) is 11.7 Å². The molecule has 2 heterocycles. The Bertz CT molecular complexity index is 2070. The molecule has 0 atom stereocenters. The summed E-state index contributed by atoms with van der Waals surface area (Å²) in [7, 11) is 1.29. The summed E-state index contributed by atoms with van der Waals surface area (Å²) in [6, 6.07) is 15.4. The second-order valence-electron chi connectivity index (χ2n) is 12.0. The Kier molecular flexibility index (Phi) is 8.99. The maximum atomic E-state index is 12.9. The molecular formula is C36H29Cl3N2O6. The predicted octanol–water partition coefficient (Wildman–Crippen LogP) is 9.68. The molecule has 0 spiro atoms. The second kappa shape index (κ2) is 13.0. The molecule has 11 heteroatoms. The van der Waals surface area contributed by atoms with Crippen LogP contribution in [0.15, 0.2) is 65.3 Å². The van der Waals surface area contributed by atoms with Crippen molar-refractivity contribution in [2.75, 3.05) is 7.11 Å². The molecule has 5 aromatic rings. The largest absolute Gasteiger partial charge is 0.489 e. The van der Waals surface area contributed by atoms with Crippen molar-refractivity contribution in [1.29, 1.82) is 0 Å². The number of nitrogens with zero attached hydrogens (tertiary/aromatic N) is 2. The molecule has 1 saturated carbocycles. The zero-order valence-corrected chi connectivity index (χ0v) is 28.2. The van der Waals surface area contributed by atoms with E-state index >= 15 is 0 Å². The Morgan fingerprint density at radius 1 is 0.979 bits per heavy atom. The minimum atomic E-state index is -0.705. The fraction of sp³-hybridized carbons (Fsp3) is 0.250. The Morgan fingerprint density at radius 2 is 1.70 bits per heavy atom. The standard InChI is InChI=1S/C36H29Cl3N2O6/c1-36(2,3)46-35(43)41-15-14-25-22(16-23(17-30(25)41)34(42)44-4)11-8-20-12-13-24(18-29(20)39)45-19-26-32(40-47-33(26)21-9-10-21)31-27(37)6-5-7-28(31)38/h5-7,12-18,21H,9-10,19H2,1-4H3. The number of hydrogen-bond donors (Lipinski definition) is 0. The van der Waals surface area contributed by atoms with Gasteiger partial charge in [0.25, 0.3) is 0 Å². The maximum Gasteiger partial charge on any atom is 0.418 e. The molecule has 0 amide bonds. The summed E-state index contributed by atoms with van der Waals surface area (Å²) >= 11 is 19.6. The smallest absolute Gasteiger partial charge is 0.418 e. The third kappa shape index (κ3) is 6.98. The highest BCUT2D eigenvalue weighted by Gasteiger charge is 2.33. The Balaban J connectivity index is 1.28. The van der Waals surface area contributed by atoms with Crippen LogP contribution in [0.25, 0.3) is 22.2 Å². The highest BCUT2D eigenvalue weighted by molar-refractivity contribution is 6.39. The number of carbonyl (C=O) groups excluding carboxylic acids is 2. The van der Waals surface area contributed by atoms with Crippen LogP contribution in [0.1, 0.15) is 72.3 Å². The van der Waals surface area contributed by atoms with Crippen molar-refractivity contribution in [3.05, 3.63) is 104 Å². The molecule has 0 aliphatic heterocycles. The highest BCUT2D eigenvalue weighted by atomic mass is 35.5. The van der Waals surface area contributed by atoms with Gasteiger partial charge in [-0.3, -0.25) is 4.57 Å². The summed E-state index contributed by atoms with van der Waals surface area (Å²) in [4.78, 5) is 25.4. The van der Waals surface area contributed by atoms with Crippen LogP contribution in [0, 0.1) is 11.8 Å². The lowest BCUT2D eigenvalue weighted by Gasteiger charge is -2.19. The summed E-state index contributed by atoms with van der Waals surface area (Å²) in [6.07, 6.45) is 3.03. The number of methoxy groups -OCH3 is 1. The number of aromatic nitrogens is 2. The average molecular weight is 692 g/mol. The van der Waals surface area contributed by atoms with E-state index in [0.29, 0.717) is 54.1 Å². The van der Waals surface area contributed by atoms with Crippen LogP contribution >= 0.6 is 34.8 Å². The normalized spacial score (nSPS) is 12.8. The van der Waals surface area contributed by atoms with Gasteiger partial charge in [0.05, 0.1) is 38.8 Å². The van der Waals surface area contributed by atoms with Crippen LogP contribution in [0.4, 0.5) is 4.79 Å². The van der Waals surface area contributed by atoms with Crippen LogP contribution in [0.5, 0.6) is 5.75 Å². The molecule has 1 aliphatic carbocycles. The maximum absolute atomic E-state index is 12.9. The monoisotopic (exact) mass is 690 g/mol. The number of halogens is 3. The van der Waals surface area contributed by atoms with Crippen LogP contribution < -0.4 is 4.74 Å². The van der Waals surface area contributed by atoms with E-state index in [0.717, 1.165) is 24.2 Å². The quantitative estimate of drug-likeness (QED) is 0.129. The first-order chi connectivity index (χ1) is 22.4. The number of carbonyl (C=O) groups is 2. The molecule has 47 heavy (non-hydrogen) atoms. The topological polar surface area (TPSA) is 92.8 Å². The van der Waals surface area contributed by atoms with Crippen molar-refractivity contribution < 1.29 is 28.3 Å². The first kappa shape index (κ1) is 32.5. The first-order valence-corrected chi connectivity index (χ1v) is 15.9. The molecule has 1 fully saturated rings. The zero-order valence-electron chi connectivity index (χ0n) is 25.9. The summed E-state index contributed by atoms with van der Waals surface area (Å²) in [5.41, 5.74) is 2.97. The third-order valence-electron chi connectivity index (χ3n) is 7.44. The van der Waals surface area contributed by atoms with Gasteiger partial charge in [-0.25, -0.2) is 9.59 Å². The van der Waals surface area contributed by atoms with E-state index in [1.54, 1.807) is 81.6 Å². The Hall–Kier alpha value is -4.42. The van der Waals surface area contributed by atoms with E-state index in [4.69, 9.17) is 53.5 Å². The molecule has 3 aromatic carbocycles. The molecule has 1 aliphatic rings. The molecule has 0 N–H and O–H groups in total. The van der Waals surface area contributed by atoms with E-state index in [1.807, 2.05) is 0 Å². The molecule has 8 nitrogen and oxygen atoms in total. The minimum absolute atomic E-state index is 0.167. The van der Waals surface area contributed by atoms with Gasteiger partial charge in [0.1, 0.15) is 29.4 Å². The van der Waals surface area contributed by atoms with Gasteiger partial charge in [-0.1, -0.05) is 57.9 Å². The predicted molar refractivity (Wildman–Crippen MR) is 181 cm³/mol. The van der Waals surface area contributed by atoms with Crippen molar-refractivity contribution >= 4 is 57.8 Å². The fourth-order valence-electron chi connectivity index (χ4n) is 5.08. The third-order valence-corrected chi connectivity index (χ3v) is 8.38.